The summed E-state index contributed by atoms with van der Waals surface area (Å²) in [4.78, 5) is 2.25. The molecule has 2 unspecified atom stereocenters. The van der Waals surface area contributed by atoms with Crippen molar-refractivity contribution in [3.63, 3.8) is 0 Å². The van der Waals surface area contributed by atoms with Crippen LogP contribution >= 0.6 is 0 Å². The van der Waals surface area contributed by atoms with E-state index < -0.39 is 0 Å². The fourth-order valence-electron chi connectivity index (χ4n) is 3.09. The molecule has 0 bridgehead atoms. The summed E-state index contributed by atoms with van der Waals surface area (Å²) in [6.07, 6.45) is 4.23. The number of benzene rings is 1. The number of hydrogen-bond acceptors (Lipinski definition) is 3. The maximum atomic E-state index is 10.2. The van der Waals surface area contributed by atoms with Gasteiger partial charge in [0.1, 0.15) is 0 Å². The van der Waals surface area contributed by atoms with E-state index in [1.54, 1.807) is 0 Å². The van der Waals surface area contributed by atoms with Gasteiger partial charge in [0.15, 0.2) is 0 Å². The van der Waals surface area contributed by atoms with E-state index in [0.29, 0.717) is 5.92 Å². The lowest BCUT2D eigenvalue weighted by atomic mass is 9.91. The number of aliphatic hydroxyl groups excluding tert-OH is 1. The Morgan fingerprint density at radius 3 is 2.48 bits per heavy atom. The second kappa shape index (κ2) is 7.81. The minimum atomic E-state index is -0.184. The van der Waals surface area contributed by atoms with Crippen molar-refractivity contribution in [1.82, 2.24) is 5.32 Å². The molecule has 0 aliphatic heterocycles. The van der Waals surface area contributed by atoms with Gasteiger partial charge in [0.25, 0.3) is 0 Å². The Balaban J connectivity index is 1.91. The van der Waals surface area contributed by atoms with Gasteiger partial charge in [0.05, 0.1) is 12.1 Å². The molecule has 1 aromatic rings. The second-order valence-corrected chi connectivity index (χ2v) is 6.72. The Morgan fingerprint density at radius 2 is 1.86 bits per heavy atom. The zero-order valence-electron chi connectivity index (χ0n) is 13.7. The van der Waals surface area contributed by atoms with E-state index in [9.17, 15) is 5.11 Å². The van der Waals surface area contributed by atoms with Crippen molar-refractivity contribution in [1.29, 1.82) is 0 Å². The van der Waals surface area contributed by atoms with Gasteiger partial charge in [-0.1, -0.05) is 38.8 Å². The van der Waals surface area contributed by atoms with Crippen LogP contribution in [0.3, 0.4) is 0 Å². The van der Waals surface area contributed by atoms with E-state index in [2.05, 4.69) is 55.4 Å². The van der Waals surface area contributed by atoms with Gasteiger partial charge in [-0.3, -0.25) is 0 Å². The van der Waals surface area contributed by atoms with Crippen LogP contribution in [-0.2, 0) is 6.54 Å². The highest BCUT2D eigenvalue weighted by molar-refractivity contribution is 5.48. The van der Waals surface area contributed by atoms with Crippen molar-refractivity contribution >= 4 is 5.69 Å². The molecule has 1 aliphatic carbocycles. The Kier molecular flexibility index (Phi) is 6.07. The van der Waals surface area contributed by atoms with Gasteiger partial charge in [-0.2, -0.15) is 0 Å². The third kappa shape index (κ3) is 4.72. The van der Waals surface area contributed by atoms with Crippen LogP contribution in [0, 0.1) is 5.92 Å². The lowest BCUT2D eigenvalue weighted by Crippen LogP contribution is -2.43. The van der Waals surface area contributed by atoms with Gasteiger partial charge in [-0.25, -0.2) is 0 Å². The summed E-state index contributed by atoms with van der Waals surface area (Å²) in [6, 6.07) is 8.99. The Hall–Kier alpha value is -1.06. The van der Waals surface area contributed by atoms with Crippen LogP contribution in [0.25, 0.3) is 0 Å². The summed E-state index contributed by atoms with van der Waals surface area (Å²) in [5.74, 6) is 0.684. The van der Waals surface area contributed by atoms with Gasteiger partial charge in [-0.05, 0) is 43.0 Å². The molecule has 0 amide bonds. The first-order valence-corrected chi connectivity index (χ1v) is 8.28. The molecular formula is C18H30N2O. The third-order valence-electron chi connectivity index (χ3n) is 4.42. The first-order valence-electron chi connectivity index (χ1n) is 8.28. The maximum absolute atomic E-state index is 10.2. The monoisotopic (exact) mass is 290 g/mol. The standard InChI is InChI=1S/C18H30N2O/c1-14(2)12-19-13-15-8-10-16(11-9-15)20(3)17-6-4-5-7-18(17)21/h8-11,14,17-19,21H,4-7,12-13H2,1-3H3. The summed E-state index contributed by atoms with van der Waals surface area (Å²) < 4.78 is 0. The van der Waals surface area contributed by atoms with E-state index in [0.717, 1.165) is 32.4 Å². The number of rotatable bonds is 6. The highest BCUT2D eigenvalue weighted by atomic mass is 16.3. The lowest BCUT2D eigenvalue weighted by Gasteiger charge is -2.36. The second-order valence-electron chi connectivity index (χ2n) is 6.72. The Labute approximate surface area is 129 Å². The van der Waals surface area contributed by atoms with Gasteiger partial charge < -0.3 is 15.3 Å². The molecule has 1 aromatic carbocycles. The van der Waals surface area contributed by atoms with E-state index in [1.807, 2.05) is 0 Å². The van der Waals surface area contributed by atoms with E-state index in [4.69, 9.17) is 0 Å². The molecule has 21 heavy (non-hydrogen) atoms. The average molecular weight is 290 g/mol. The largest absolute Gasteiger partial charge is 0.391 e. The maximum Gasteiger partial charge on any atom is 0.0743 e. The quantitative estimate of drug-likeness (QED) is 0.844. The summed E-state index contributed by atoms with van der Waals surface area (Å²) in [7, 11) is 2.10. The molecule has 1 fully saturated rings. The number of aliphatic hydroxyl groups is 1. The zero-order chi connectivity index (χ0) is 15.2. The van der Waals surface area contributed by atoms with E-state index in [-0.39, 0.29) is 12.1 Å². The number of nitrogens with one attached hydrogen (secondary N) is 1. The van der Waals surface area contributed by atoms with Crippen LogP contribution in [0.15, 0.2) is 24.3 Å². The van der Waals surface area contributed by atoms with Gasteiger partial charge in [-0.15, -0.1) is 0 Å². The minimum absolute atomic E-state index is 0.184. The first kappa shape index (κ1) is 16.3. The molecular weight excluding hydrogens is 260 g/mol. The van der Waals surface area contributed by atoms with Gasteiger partial charge in [0, 0.05) is 19.3 Å². The minimum Gasteiger partial charge on any atom is -0.391 e. The van der Waals surface area contributed by atoms with Crippen LogP contribution < -0.4 is 10.2 Å². The van der Waals surface area contributed by atoms with Crippen LogP contribution in [0.1, 0.15) is 45.1 Å². The third-order valence-corrected chi connectivity index (χ3v) is 4.42. The fraction of sp³-hybridized carbons (Fsp3) is 0.667. The summed E-state index contributed by atoms with van der Waals surface area (Å²) in [5.41, 5.74) is 2.52. The van der Waals surface area contributed by atoms with Crippen LogP contribution in [0.2, 0.25) is 0 Å². The van der Waals surface area contributed by atoms with Crippen molar-refractivity contribution in [2.45, 2.75) is 58.2 Å². The fourth-order valence-corrected chi connectivity index (χ4v) is 3.09. The molecule has 2 N–H and O–H groups in total. The van der Waals surface area contributed by atoms with Crippen LogP contribution in [-0.4, -0.2) is 30.8 Å². The lowest BCUT2D eigenvalue weighted by molar-refractivity contribution is 0.106. The van der Waals surface area contributed by atoms with Crippen molar-refractivity contribution in [3.05, 3.63) is 29.8 Å². The van der Waals surface area contributed by atoms with E-state index in [1.165, 1.54) is 17.7 Å². The molecule has 3 nitrogen and oxygen atoms in total. The van der Waals surface area contributed by atoms with E-state index >= 15 is 0 Å². The molecule has 3 heteroatoms. The van der Waals surface area contributed by atoms with Gasteiger partial charge in [0.2, 0.25) is 0 Å². The normalized spacial score (nSPS) is 22.5. The topological polar surface area (TPSA) is 35.5 Å². The SMILES string of the molecule is CC(C)CNCc1ccc(N(C)C2CCCCC2O)cc1. The van der Waals surface area contributed by atoms with Crippen molar-refractivity contribution in [2.75, 3.05) is 18.5 Å². The molecule has 118 valence electrons. The molecule has 1 aliphatic rings. The van der Waals surface area contributed by atoms with Gasteiger partial charge >= 0.3 is 0 Å². The smallest absolute Gasteiger partial charge is 0.0743 e. The predicted molar refractivity (Wildman–Crippen MR) is 89.7 cm³/mol. The van der Waals surface area contributed by atoms with Crippen molar-refractivity contribution in [2.24, 2.45) is 5.92 Å². The van der Waals surface area contributed by atoms with Crippen molar-refractivity contribution in [3.8, 4) is 0 Å². The molecule has 1 saturated carbocycles. The summed E-state index contributed by atoms with van der Waals surface area (Å²) in [6.45, 7) is 6.42. The Morgan fingerprint density at radius 1 is 1.19 bits per heavy atom. The van der Waals surface area contributed by atoms with Crippen LogP contribution in [0.4, 0.5) is 5.69 Å². The summed E-state index contributed by atoms with van der Waals surface area (Å²) >= 11 is 0. The molecule has 0 spiro atoms. The first-order chi connectivity index (χ1) is 10.1. The van der Waals surface area contributed by atoms with Crippen LogP contribution in [0.5, 0.6) is 0 Å². The molecule has 0 saturated heterocycles. The number of nitrogens with zero attached hydrogens (tertiary/aromatic N) is 1. The molecule has 2 rings (SSSR count). The number of likely N-dealkylation sites (N-methyl/N-ethyl adjacent to an activating group) is 1. The molecule has 0 radical (unpaired) electrons. The zero-order valence-corrected chi connectivity index (χ0v) is 13.7. The summed E-state index contributed by atoms with van der Waals surface area (Å²) in [5, 5.41) is 13.6. The predicted octanol–water partition coefficient (Wildman–Crippen LogP) is 3.17. The number of hydrogen-bond donors (Lipinski definition) is 2. The Bertz CT molecular complexity index is 416. The molecule has 0 aromatic heterocycles. The highest BCUT2D eigenvalue weighted by Crippen LogP contribution is 2.26. The highest BCUT2D eigenvalue weighted by Gasteiger charge is 2.26. The van der Waals surface area contributed by atoms with Crippen molar-refractivity contribution < 1.29 is 5.11 Å². The molecule has 0 heterocycles. The number of anilines is 1. The average Bonchev–Trinajstić information content (AvgIpc) is 2.47. The molecule has 2 atom stereocenters.